The van der Waals surface area contributed by atoms with E-state index in [9.17, 15) is 14.4 Å². The quantitative estimate of drug-likeness (QED) is 0.465. The number of hydrogen-bond acceptors (Lipinski definition) is 6. The van der Waals surface area contributed by atoms with Crippen LogP contribution in [-0.2, 0) is 19.1 Å². The second-order valence-corrected chi connectivity index (χ2v) is 6.92. The van der Waals surface area contributed by atoms with Gasteiger partial charge >= 0.3 is 5.97 Å². The SMILES string of the molecule is COc1ccccc1C(=O)C1=C2C=C3CC(C)OC=C3C(=O)C2(C)OC1=O. The molecule has 0 amide bonds. The van der Waals surface area contributed by atoms with E-state index in [0.717, 1.165) is 5.57 Å². The van der Waals surface area contributed by atoms with Crippen molar-refractivity contribution in [1.29, 1.82) is 0 Å². The summed E-state index contributed by atoms with van der Waals surface area (Å²) in [5, 5.41) is 0. The molecule has 2 unspecified atom stereocenters. The Morgan fingerprint density at radius 1 is 1.26 bits per heavy atom. The molecule has 0 N–H and O–H groups in total. The van der Waals surface area contributed by atoms with Crippen LogP contribution < -0.4 is 4.74 Å². The van der Waals surface area contributed by atoms with Gasteiger partial charge < -0.3 is 14.2 Å². The number of esters is 1. The third-order valence-electron chi connectivity index (χ3n) is 5.13. The van der Waals surface area contributed by atoms with Crippen molar-refractivity contribution in [2.24, 2.45) is 0 Å². The van der Waals surface area contributed by atoms with Crippen molar-refractivity contribution in [2.45, 2.75) is 32.0 Å². The van der Waals surface area contributed by atoms with Gasteiger partial charge in [0, 0.05) is 12.0 Å². The summed E-state index contributed by atoms with van der Waals surface area (Å²) >= 11 is 0. The first kappa shape index (κ1) is 17.3. The second kappa shape index (κ2) is 5.94. The van der Waals surface area contributed by atoms with E-state index in [4.69, 9.17) is 14.2 Å². The standard InChI is InChI=1S/C21H18O6/c1-11-8-12-9-15-17(18(22)13-6-4-5-7-16(13)25-3)20(24)27-21(15,2)19(23)14(12)10-26-11/h4-7,9-11H,8H2,1-3H3. The summed E-state index contributed by atoms with van der Waals surface area (Å²) < 4.78 is 16.1. The van der Waals surface area contributed by atoms with Gasteiger partial charge in [0.15, 0.2) is 5.60 Å². The Morgan fingerprint density at radius 3 is 2.74 bits per heavy atom. The number of ether oxygens (including phenoxy) is 3. The minimum Gasteiger partial charge on any atom is -0.497 e. The van der Waals surface area contributed by atoms with Gasteiger partial charge in [-0.25, -0.2) is 4.79 Å². The highest BCUT2D eigenvalue weighted by molar-refractivity contribution is 6.29. The molecule has 1 aliphatic carbocycles. The zero-order chi connectivity index (χ0) is 19.3. The van der Waals surface area contributed by atoms with E-state index in [0.29, 0.717) is 23.3 Å². The average Bonchev–Trinajstić information content (AvgIpc) is 2.92. The molecule has 4 rings (SSSR count). The summed E-state index contributed by atoms with van der Waals surface area (Å²) in [6, 6.07) is 6.64. The van der Waals surface area contributed by atoms with Gasteiger partial charge in [-0.05, 0) is 37.6 Å². The molecule has 2 heterocycles. The lowest BCUT2D eigenvalue weighted by Crippen LogP contribution is -2.42. The number of rotatable bonds is 3. The van der Waals surface area contributed by atoms with Crippen LogP contribution in [0.3, 0.4) is 0 Å². The Morgan fingerprint density at radius 2 is 2.00 bits per heavy atom. The molecule has 0 spiro atoms. The number of para-hydroxylation sites is 1. The summed E-state index contributed by atoms with van der Waals surface area (Å²) in [6.07, 6.45) is 3.56. The van der Waals surface area contributed by atoms with Gasteiger partial charge in [0.1, 0.15) is 11.3 Å². The normalized spacial score (nSPS) is 26.4. The van der Waals surface area contributed by atoms with Crippen LogP contribution in [0.2, 0.25) is 0 Å². The van der Waals surface area contributed by atoms with E-state index in [2.05, 4.69) is 0 Å². The minimum atomic E-state index is -1.52. The monoisotopic (exact) mass is 366 g/mol. The summed E-state index contributed by atoms with van der Waals surface area (Å²) in [4.78, 5) is 38.8. The van der Waals surface area contributed by atoms with Crippen molar-refractivity contribution in [3.63, 3.8) is 0 Å². The van der Waals surface area contributed by atoms with Crippen molar-refractivity contribution < 1.29 is 28.6 Å². The van der Waals surface area contributed by atoms with Crippen molar-refractivity contribution >= 4 is 17.5 Å². The van der Waals surface area contributed by atoms with Crippen molar-refractivity contribution in [1.82, 2.24) is 0 Å². The zero-order valence-corrected chi connectivity index (χ0v) is 15.2. The van der Waals surface area contributed by atoms with Gasteiger partial charge in [0.2, 0.25) is 11.6 Å². The van der Waals surface area contributed by atoms with E-state index in [1.807, 2.05) is 6.92 Å². The van der Waals surface area contributed by atoms with E-state index in [1.54, 1.807) is 30.3 Å². The van der Waals surface area contributed by atoms with Crippen molar-refractivity contribution in [3.8, 4) is 5.75 Å². The van der Waals surface area contributed by atoms with Gasteiger partial charge in [-0.3, -0.25) is 9.59 Å². The van der Waals surface area contributed by atoms with Gasteiger partial charge in [-0.1, -0.05) is 12.1 Å². The molecule has 27 heavy (non-hydrogen) atoms. The summed E-state index contributed by atoms with van der Waals surface area (Å²) in [5.74, 6) is -1.35. The molecule has 1 aromatic rings. The second-order valence-electron chi connectivity index (χ2n) is 6.92. The number of Topliss-reactive ketones (excluding diaryl/α,β-unsaturated/α-hetero) is 2. The smallest absolute Gasteiger partial charge is 0.343 e. The molecule has 2 aliphatic heterocycles. The number of fused-ring (bicyclic) bond motifs is 2. The predicted molar refractivity (Wildman–Crippen MR) is 95.2 cm³/mol. The molecule has 0 radical (unpaired) electrons. The Bertz CT molecular complexity index is 980. The average molecular weight is 366 g/mol. The molecule has 0 saturated heterocycles. The lowest BCUT2D eigenvalue weighted by atomic mass is 9.75. The minimum absolute atomic E-state index is 0.0934. The van der Waals surface area contributed by atoms with E-state index in [-0.39, 0.29) is 23.0 Å². The maximum absolute atomic E-state index is 13.1. The first-order valence-electron chi connectivity index (χ1n) is 8.64. The third kappa shape index (κ3) is 2.44. The molecular formula is C21H18O6. The van der Waals surface area contributed by atoms with Crippen LogP contribution in [0.25, 0.3) is 0 Å². The van der Waals surface area contributed by atoms with Gasteiger partial charge in [-0.2, -0.15) is 0 Å². The maximum Gasteiger partial charge on any atom is 0.343 e. The molecule has 0 bridgehead atoms. The largest absolute Gasteiger partial charge is 0.497 e. The summed E-state index contributed by atoms with van der Waals surface area (Å²) in [7, 11) is 1.45. The van der Waals surface area contributed by atoms with Crippen LogP contribution in [0.1, 0.15) is 30.6 Å². The molecule has 0 aromatic heterocycles. The lowest BCUT2D eigenvalue weighted by Gasteiger charge is -2.33. The fourth-order valence-electron chi connectivity index (χ4n) is 3.70. The first-order valence-corrected chi connectivity index (χ1v) is 8.64. The topological polar surface area (TPSA) is 78.9 Å². The summed E-state index contributed by atoms with van der Waals surface area (Å²) in [5.41, 5.74) is 0.0310. The fourth-order valence-corrected chi connectivity index (χ4v) is 3.70. The number of benzene rings is 1. The van der Waals surface area contributed by atoms with E-state index < -0.39 is 17.4 Å². The number of ketones is 2. The van der Waals surface area contributed by atoms with Gasteiger partial charge in [0.05, 0.1) is 30.6 Å². The van der Waals surface area contributed by atoms with Crippen LogP contribution in [0.4, 0.5) is 0 Å². The van der Waals surface area contributed by atoms with Crippen LogP contribution in [0.5, 0.6) is 5.75 Å². The molecule has 138 valence electrons. The van der Waals surface area contributed by atoms with Crippen LogP contribution >= 0.6 is 0 Å². The van der Waals surface area contributed by atoms with Crippen LogP contribution in [-0.4, -0.2) is 36.4 Å². The van der Waals surface area contributed by atoms with Crippen molar-refractivity contribution in [2.75, 3.05) is 7.11 Å². The molecule has 1 aromatic carbocycles. The summed E-state index contributed by atoms with van der Waals surface area (Å²) in [6.45, 7) is 3.40. The molecule has 3 aliphatic rings. The number of carbonyl (C=O) groups is 3. The Labute approximate surface area is 156 Å². The van der Waals surface area contributed by atoms with E-state index in [1.165, 1.54) is 20.3 Å². The Kier molecular flexibility index (Phi) is 3.80. The Balaban J connectivity index is 1.91. The zero-order valence-electron chi connectivity index (χ0n) is 15.2. The molecule has 2 atom stereocenters. The van der Waals surface area contributed by atoms with Gasteiger partial charge in [0.25, 0.3) is 0 Å². The molecule has 0 fully saturated rings. The highest BCUT2D eigenvalue weighted by Gasteiger charge is 2.54. The van der Waals surface area contributed by atoms with Crippen molar-refractivity contribution in [3.05, 3.63) is 64.5 Å². The maximum atomic E-state index is 13.1. The first-order chi connectivity index (χ1) is 12.9. The highest BCUT2D eigenvalue weighted by Crippen LogP contribution is 2.45. The number of hydrogen-bond donors (Lipinski definition) is 0. The van der Waals surface area contributed by atoms with Crippen LogP contribution in [0, 0.1) is 0 Å². The van der Waals surface area contributed by atoms with Gasteiger partial charge in [-0.15, -0.1) is 0 Å². The Hall–Kier alpha value is -3.15. The lowest BCUT2D eigenvalue weighted by molar-refractivity contribution is -0.152. The molecular weight excluding hydrogens is 348 g/mol. The molecule has 6 nitrogen and oxygen atoms in total. The van der Waals surface area contributed by atoms with Crippen LogP contribution in [0.15, 0.2) is 58.9 Å². The third-order valence-corrected chi connectivity index (χ3v) is 5.13. The number of carbonyl (C=O) groups excluding carboxylic acids is 3. The fraction of sp³-hybridized carbons (Fsp3) is 0.286. The predicted octanol–water partition coefficient (Wildman–Crippen LogP) is 2.69. The molecule has 0 saturated carbocycles. The number of methoxy groups -OCH3 is 1. The highest BCUT2D eigenvalue weighted by atomic mass is 16.6. The van der Waals surface area contributed by atoms with E-state index >= 15 is 0 Å². The molecule has 6 heteroatoms.